The lowest BCUT2D eigenvalue weighted by Crippen LogP contribution is -2.24. The summed E-state index contributed by atoms with van der Waals surface area (Å²) in [4.78, 5) is 13.4. The molecule has 0 bridgehead atoms. The lowest BCUT2D eigenvalue weighted by Gasteiger charge is -2.25. The van der Waals surface area contributed by atoms with Gasteiger partial charge in [0.2, 0.25) is 0 Å². The molecule has 1 aliphatic rings. The van der Waals surface area contributed by atoms with Crippen molar-refractivity contribution >= 4 is 17.3 Å². The summed E-state index contributed by atoms with van der Waals surface area (Å²) in [5.74, 6) is -0.871. The van der Waals surface area contributed by atoms with Crippen molar-refractivity contribution in [3.8, 4) is 0 Å². The van der Waals surface area contributed by atoms with E-state index in [0.717, 1.165) is 17.7 Å². The van der Waals surface area contributed by atoms with Gasteiger partial charge in [0.15, 0.2) is 0 Å². The third kappa shape index (κ3) is 1.95. The topological polar surface area (TPSA) is 40.5 Å². The zero-order chi connectivity index (χ0) is 14.3. The van der Waals surface area contributed by atoms with Crippen LogP contribution in [0.3, 0.4) is 0 Å². The molecule has 1 N–H and O–H groups in total. The van der Waals surface area contributed by atoms with Crippen LogP contribution in [0.4, 0.5) is 11.4 Å². The van der Waals surface area contributed by atoms with E-state index >= 15 is 0 Å². The van der Waals surface area contributed by atoms with Crippen LogP contribution in [0.1, 0.15) is 28.4 Å². The number of aromatic carboxylic acids is 1. The Labute approximate surface area is 118 Å². The molecule has 3 rings (SSSR count). The van der Waals surface area contributed by atoms with Gasteiger partial charge in [-0.05, 0) is 55.7 Å². The molecule has 0 aromatic heterocycles. The van der Waals surface area contributed by atoms with Crippen LogP contribution in [0.5, 0.6) is 0 Å². The van der Waals surface area contributed by atoms with Crippen LogP contribution in [0, 0.1) is 6.92 Å². The summed E-state index contributed by atoms with van der Waals surface area (Å²) in [7, 11) is 0. The zero-order valence-electron chi connectivity index (χ0n) is 11.6. The number of fused-ring (bicyclic) bond motifs is 1. The van der Waals surface area contributed by atoms with Crippen molar-refractivity contribution in [3.05, 3.63) is 59.2 Å². The number of hydrogen-bond acceptors (Lipinski definition) is 2. The third-order valence-electron chi connectivity index (χ3n) is 3.93. The second-order valence-electron chi connectivity index (χ2n) is 5.36. The third-order valence-corrected chi connectivity index (χ3v) is 3.93. The predicted molar refractivity (Wildman–Crippen MR) is 79.9 cm³/mol. The molecule has 3 heteroatoms. The highest BCUT2D eigenvalue weighted by molar-refractivity contribution is 5.90. The number of para-hydroxylation sites is 1. The van der Waals surface area contributed by atoms with E-state index in [2.05, 4.69) is 30.0 Å². The average molecular weight is 267 g/mol. The van der Waals surface area contributed by atoms with Crippen LogP contribution in [0.25, 0.3) is 0 Å². The van der Waals surface area contributed by atoms with Crippen LogP contribution in [0.15, 0.2) is 42.5 Å². The van der Waals surface area contributed by atoms with Crippen LogP contribution < -0.4 is 4.90 Å². The molecule has 0 fully saturated rings. The maximum Gasteiger partial charge on any atom is 0.335 e. The average Bonchev–Trinajstić information content (AvgIpc) is 2.73. The first-order valence-electron chi connectivity index (χ1n) is 6.79. The highest BCUT2D eigenvalue weighted by atomic mass is 16.4. The van der Waals surface area contributed by atoms with E-state index < -0.39 is 5.97 Å². The first kappa shape index (κ1) is 12.7. The molecule has 1 unspecified atom stereocenters. The molecule has 0 spiro atoms. The minimum absolute atomic E-state index is 0.369. The minimum atomic E-state index is -0.871. The van der Waals surface area contributed by atoms with Crippen molar-refractivity contribution in [1.82, 2.24) is 0 Å². The SMILES string of the molecule is Cc1cc(N2c3ccccc3CC2C)ccc1C(=O)O. The summed E-state index contributed by atoms with van der Waals surface area (Å²) >= 11 is 0. The lowest BCUT2D eigenvalue weighted by molar-refractivity contribution is 0.0696. The summed E-state index contributed by atoms with van der Waals surface area (Å²) in [6.07, 6.45) is 1.02. The quantitative estimate of drug-likeness (QED) is 0.900. The largest absolute Gasteiger partial charge is 0.478 e. The van der Waals surface area contributed by atoms with E-state index in [4.69, 9.17) is 5.11 Å². The smallest absolute Gasteiger partial charge is 0.335 e. The van der Waals surface area contributed by atoms with Crippen molar-refractivity contribution in [1.29, 1.82) is 0 Å². The van der Waals surface area contributed by atoms with Crippen molar-refractivity contribution in [2.24, 2.45) is 0 Å². The van der Waals surface area contributed by atoms with Crippen molar-refractivity contribution in [3.63, 3.8) is 0 Å². The van der Waals surface area contributed by atoms with Gasteiger partial charge in [-0.3, -0.25) is 0 Å². The van der Waals surface area contributed by atoms with Crippen molar-refractivity contribution in [2.45, 2.75) is 26.3 Å². The highest BCUT2D eigenvalue weighted by Crippen LogP contribution is 2.38. The molecule has 20 heavy (non-hydrogen) atoms. The molecule has 1 aliphatic heterocycles. The lowest BCUT2D eigenvalue weighted by atomic mass is 10.1. The number of anilines is 2. The Kier molecular flexibility index (Phi) is 2.97. The Morgan fingerprint density at radius 2 is 2.00 bits per heavy atom. The molecule has 2 aromatic carbocycles. The maximum atomic E-state index is 11.1. The summed E-state index contributed by atoms with van der Waals surface area (Å²) in [6, 6.07) is 14.3. The van der Waals surface area contributed by atoms with Crippen LogP contribution in [-0.2, 0) is 6.42 Å². The number of carbonyl (C=O) groups is 1. The molecule has 2 aromatic rings. The van der Waals surface area contributed by atoms with Gasteiger partial charge in [-0.15, -0.1) is 0 Å². The zero-order valence-corrected chi connectivity index (χ0v) is 11.6. The molecule has 0 radical (unpaired) electrons. The predicted octanol–water partition coefficient (Wildman–Crippen LogP) is 3.78. The van der Waals surface area contributed by atoms with E-state index in [9.17, 15) is 4.79 Å². The summed E-state index contributed by atoms with van der Waals surface area (Å²) < 4.78 is 0. The van der Waals surface area contributed by atoms with Crippen LogP contribution in [-0.4, -0.2) is 17.1 Å². The molecule has 0 saturated heterocycles. The number of carboxylic acids is 1. The molecule has 0 amide bonds. The van der Waals surface area contributed by atoms with Crippen LogP contribution >= 0.6 is 0 Å². The number of benzene rings is 2. The Bertz CT molecular complexity index is 678. The Morgan fingerprint density at radius 3 is 2.70 bits per heavy atom. The van der Waals surface area contributed by atoms with E-state index in [1.807, 2.05) is 25.1 Å². The highest BCUT2D eigenvalue weighted by Gasteiger charge is 2.27. The van der Waals surface area contributed by atoms with Gasteiger partial charge in [-0.25, -0.2) is 4.79 Å². The van der Waals surface area contributed by atoms with Crippen molar-refractivity contribution < 1.29 is 9.90 Å². The van der Waals surface area contributed by atoms with Gasteiger partial charge < -0.3 is 10.0 Å². The van der Waals surface area contributed by atoms with E-state index in [0.29, 0.717) is 11.6 Å². The second kappa shape index (κ2) is 4.67. The fourth-order valence-corrected chi connectivity index (χ4v) is 3.00. The Balaban J connectivity index is 2.06. The number of carboxylic acid groups (broad SMARTS) is 1. The summed E-state index contributed by atoms with van der Waals surface area (Å²) in [5, 5.41) is 9.12. The summed E-state index contributed by atoms with van der Waals surface area (Å²) in [5.41, 5.74) is 4.80. The van der Waals surface area contributed by atoms with Gasteiger partial charge in [0.05, 0.1) is 5.56 Å². The van der Waals surface area contributed by atoms with Gasteiger partial charge >= 0.3 is 5.97 Å². The van der Waals surface area contributed by atoms with Gasteiger partial charge in [0, 0.05) is 17.4 Å². The molecule has 1 atom stereocenters. The van der Waals surface area contributed by atoms with E-state index in [1.165, 1.54) is 11.3 Å². The van der Waals surface area contributed by atoms with Gasteiger partial charge in [-0.1, -0.05) is 18.2 Å². The Morgan fingerprint density at radius 1 is 1.25 bits per heavy atom. The molecule has 0 aliphatic carbocycles. The van der Waals surface area contributed by atoms with Gasteiger partial charge in [-0.2, -0.15) is 0 Å². The van der Waals surface area contributed by atoms with Gasteiger partial charge in [0.1, 0.15) is 0 Å². The first-order valence-corrected chi connectivity index (χ1v) is 6.79. The number of hydrogen-bond donors (Lipinski definition) is 1. The number of aryl methyl sites for hydroxylation is 1. The molecule has 1 heterocycles. The number of nitrogens with zero attached hydrogens (tertiary/aromatic N) is 1. The Hall–Kier alpha value is -2.29. The second-order valence-corrected chi connectivity index (χ2v) is 5.36. The normalized spacial score (nSPS) is 17.1. The number of rotatable bonds is 2. The minimum Gasteiger partial charge on any atom is -0.478 e. The maximum absolute atomic E-state index is 11.1. The fraction of sp³-hybridized carbons (Fsp3) is 0.235. The monoisotopic (exact) mass is 267 g/mol. The van der Waals surface area contributed by atoms with Crippen LogP contribution in [0.2, 0.25) is 0 Å². The molecule has 0 saturated carbocycles. The fourth-order valence-electron chi connectivity index (χ4n) is 3.00. The molecular formula is C17H17NO2. The van der Waals surface area contributed by atoms with E-state index in [1.54, 1.807) is 6.07 Å². The van der Waals surface area contributed by atoms with E-state index in [-0.39, 0.29) is 0 Å². The summed E-state index contributed by atoms with van der Waals surface area (Å²) in [6.45, 7) is 4.04. The molecular weight excluding hydrogens is 250 g/mol. The standard InChI is InChI=1S/C17H17NO2/c1-11-9-14(7-8-15(11)17(19)20)18-12(2)10-13-5-3-4-6-16(13)18/h3-9,12H,10H2,1-2H3,(H,19,20). The first-order chi connectivity index (χ1) is 9.58. The molecule has 102 valence electrons. The van der Waals surface area contributed by atoms with Gasteiger partial charge in [0.25, 0.3) is 0 Å². The van der Waals surface area contributed by atoms with Crippen molar-refractivity contribution in [2.75, 3.05) is 4.90 Å². The molecule has 3 nitrogen and oxygen atoms in total.